The molecule has 0 radical (unpaired) electrons. The molecule has 0 bridgehead atoms. The molecule has 0 amide bonds. The van der Waals surface area contributed by atoms with Gasteiger partial charge in [-0.3, -0.25) is 0 Å². The highest BCUT2D eigenvalue weighted by Crippen LogP contribution is 2.18. The van der Waals surface area contributed by atoms with E-state index in [2.05, 4.69) is 10.3 Å². The molecular formula is C10H15ClN2O. The summed E-state index contributed by atoms with van der Waals surface area (Å²) in [5.41, 5.74) is 0. The van der Waals surface area contributed by atoms with E-state index in [1.54, 1.807) is 25.4 Å². The number of anilines is 1. The summed E-state index contributed by atoms with van der Waals surface area (Å²) in [6.07, 6.45) is 1.83. The Kier molecular flexibility index (Phi) is 4.17. The number of pyridine rings is 1. The van der Waals surface area contributed by atoms with Gasteiger partial charge in [-0.1, -0.05) is 11.6 Å². The zero-order valence-electron chi connectivity index (χ0n) is 8.62. The van der Waals surface area contributed by atoms with Gasteiger partial charge in [-0.25, -0.2) is 4.98 Å². The lowest BCUT2D eigenvalue weighted by Crippen LogP contribution is -2.30. The molecule has 0 aromatic carbocycles. The lowest BCUT2D eigenvalue weighted by molar-refractivity contribution is 0.106. The summed E-state index contributed by atoms with van der Waals surface area (Å²) < 4.78 is 5.19. The van der Waals surface area contributed by atoms with Gasteiger partial charge < -0.3 is 10.1 Å². The number of ether oxygens (including phenoxy) is 1. The molecule has 4 heteroatoms. The molecule has 2 atom stereocenters. The maximum atomic E-state index is 5.95. The fourth-order valence-corrected chi connectivity index (χ4v) is 1.21. The number of hydrogen-bond donors (Lipinski definition) is 1. The highest BCUT2D eigenvalue weighted by molar-refractivity contribution is 6.32. The maximum absolute atomic E-state index is 5.95. The third-order valence-corrected chi connectivity index (χ3v) is 2.50. The minimum absolute atomic E-state index is 0.119. The molecule has 3 nitrogen and oxygen atoms in total. The van der Waals surface area contributed by atoms with Gasteiger partial charge in [-0.2, -0.15) is 0 Å². The van der Waals surface area contributed by atoms with E-state index in [4.69, 9.17) is 16.3 Å². The summed E-state index contributed by atoms with van der Waals surface area (Å²) in [6.45, 7) is 4.02. The van der Waals surface area contributed by atoms with Gasteiger partial charge in [0.05, 0.1) is 17.2 Å². The Balaban J connectivity index is 2.64. The minimum Gasteiger partial charge on any atom is -0.380 e. The van der Waals surface area contributed by atoms with Crippen LogP contribution in [0.5, 0.6) is 0 Å². The second-order valence-electron chi connectivity index (χ2n) is 3.21. The summed E-state index contributed by atoms with van der Waals surface area (Å²) in [5, 5.41) is 3.82. The fraction of sp³-hybridized carbons (Fsp3) is 0.500. The molecule has 0 spiro atoms. The first kappa shape index (κ1) is 11.3. The van der Waals surface area contributed by atoms with Crippen LogP contribution >= 0.6 is 11.6 Å². The van der Waals surface area contributed by atoms with Crippen LogP contribution in [0.3, 0.4) is 0 Å². The summed E-state index contributed by atoms with van der Waals surface area (Å²) in [6, 6.07) is 3.78. The van der Waals surface area contributed by atoms with Gasteiger partial charge in [0.2, 0.25) is 0 Å². The van der Waals surface area contributed by atoms with Crippen molar-refractivity contribution in [2.24, 2.45) is 0 Å². The molecule has 1 heterocycles. The molecule has 0 saturated carbocycles. The fourth-order valence-electron chi connectivity index (χ4n) is 1.03. The van der Waals surface area contributed by atoms with Crippen molar-refractivity contribution in [3.63, 3.8) is 0 Å². The molecule has 1 rings (SSSR count). The number of rotatable bonds is 4. The van der Waals surface area contributed by atoms with Crippen LogP contribution in [0, 0.1) is 0 Å². The van der Waals surface area contributed by atoms with Crippen molar-refractivity contribution in [3.05, 3.63) is 23.4 Å². The number of halogens is 1. The molecule has 1 unspecified atom stereocenters. The van der Waals surface area contributed by atoms with Crippen LogP contribution in [-0.2, 0) is 4.74 Å². The Labute approximate surface area is 89.4 Å². The molecule has 0 aliphatic carbocycles. The van der Waals surface area contributed by atoms with E-state index in [-0.39, 0.29) is 12.1 Å². The van der Waals surface area contributed by atoms with Crippen LogP contribution in [0.15, 0.2) is 18.3 Å². The van der Waals surface area contributed by atoms with Crippen molar-refractivity contribution in [1.29, 1.82) is 0 Å². The summed E-state index contributed by atoms with van der Waals surface area (Å²) in [5.74, 6) is 0.700. The molecule has 1 aromatic heterocycles. The van der Waals surface area contributed by atoms with Gasteiger partial charge in [0.1, 0.15) is 5.82 Å². The molecule has 14 heavy (non-hydrogen) atoms. The Hall–Kier alpha value is -0.800. The molecule has 0 saturated heterocycles. The highest BCUT2D eigenvalue weighted by atomic mass is 35.5. The molecule has 0 aliphatic heterocycles. The standard InChI is InChI=1S/C10H15ClN2O/c1-7(8(2)14-3)13-10-9(11)5-4-6-12-10/h4-8H,1-3H3,(H,12,13)/t7-,8?/m0/s1. The minimum atomic E-state index is 0.119. The van der Waals surface area contributed by atoms with Crippen LogP contribution in [-0.4, -0.2) is 24.2 Å². The Bertz CT molecular complexity index is 293. The third-order valence-electron chi connectivity index (χ3n) is 2.20. The Morgan fingerprint density at radius 3 is 2.79 bits per heavy atom. The number of nitrogens with zero attached hydrogens (tertiary/aromatic N) is 1. The van der Waals surface area contributed by atoms with Crippen molar-refractivity contribution in [2.75, 3.05) is 12.4 Å². The van der Waals surface area contributed by atoms with E-state index in [1.165, 1.54) is 0 Å². The average molecular weight is 215 g/mol. The maximum Gasteiger partial charge on any atom is 0.145 e. The second-order valence-corrected chi connectivity index (χ2v) is 3.61. The van der Waals surface area contributed by atoms with E-state index < -0.39 is 0 Å². The molecule has 0 aliphatic rings. The molecule has 0 fully saturated rings. The predicted octanol–water partition coefficient (Wildman–Crippen LogP) is 2.57. The summed E-state index contributed by atoms with van der Waals surface area (Å²) >= 11 is 5.95. The smallest absolute Gasteiger partial charge is 0.145 e. The normalized spacial score (nSPS) is 14.9. The Morgan fingerprint density at radius 2 is 2.21 bits per heavy atom. The van der Waals surface area contributed by atoms with E-state index in [1.807, 2.05) is 13.8 Å². The summed E-state index contributed by atoms with van der Waals surface area (Å²) in [7, 11) is 1.68. The number of hydrogen-bond acceptors (Lipinski definition) is 3. The first-order valence-electron chi connectivity index (χ1n) is 4.55. The van der Waals surface area contributed by atoms with Crippen molar-refractivity contribution < 1.29 is 4.74 Å². The first-order valence-corrected chi connectivity index (χ1v) is 4.92. The number of nitrogens with one attached hydrogen (secondary N) is 1. The SMILES string of the molecule is COC(C)[C@H](C)Nc1ncccc1Cl. The van der Waals surface area contributed by atoms with Crippen LogP contribution in [0.4, 0.5) is 5.82 Å². The quantitative estimate of drug-likeness (QED) is 0.837. The second kappa shape index (κ2) is 5.17. The predicted molar refractivity (Wildman–Crippen MR) is 58.8 cm³/mol. The van der Waals surface area contributed by atoms with Gasteiger partial charge in [-0.05, 0) is 26.0 Å². The van der Waals surface area contributed by atoms with E-state index in [0.29, 0.717) is 10.8 Å². The zero-order chi connectivity index (χ0) is 10.6. The third kappa shape index (κ3) is 2.86. The van der Waals surface area contributed by atoms with Crippen molar-refractivity contribution in [1.82, 2.24) is 4.98 Å². The summed E-state index contributed by atoms with van der Waals surface area (Å²) in [4.78, 5) is 4.14. The lowest BCUT2D eigenvalue weighted by atomic mass is 10.2. The molecule has 1 N–H and O–H groups in total. The average Bonchev–Trinajstić information content (AvgIpc) is 2.20. The lowest BCUT2D eigenvalue weighted by Gasteiger charge is -2.20. The van der Waals surface area contributed by atoms with E-state index >= 15 is 0 Å². The molecule has 1 aromatic rings. The topological polar surface area (TPSA) is 34.1 Å². The molecule has 78 valence electrons. The number of aromatic nitrogens is 1. The van der Waals surface area contributed by atoms with Crippen LogP contribution in [0.25, 0.3) is 0 Å². The largest absolute Gasteiger partial charge is 0.380 e. The van der Waals surface area contributed by atoms with Gasteiger partial charge in [-0.15, -0.1) is 0 Å². The van der Waals surface area contributed by atoms with E-state index in [0.717, 1.165) is 0 Å². The van der Waals surface area contributed by atoms with Crippen LogP contribution in [0.2, 0.25) is 5.02 Å². The molecular weight excluding hydrogens is 200 g/mol. The van der Waals surface area contributed by atoms with Gasteiger partial charge >= 0.3 is 0 Å². The first-order chi connectivity index (χ1) is 6.65. The Morgan fingerprint density at radius 1 is 1.50 bits per heavy atom. The number of methoxy groups -OCH3 is 1. The zero-order valence-corrected chi connectivity index (χ0v) is 9.38. The van der Waals surface area contributed by atoms with E-state index in [9.17, 15) is 0 Å². The van der Waals surface area contributed by atoms with Crippen LogP contribution < -0.4 is 5.32 Å². The van der Waals surface area contributed by atoms with Crippen molar-refractivity contribution in [2.45, 2.75) is 26.0 Å². The van der Waals surface area contributed by atoms with Crippen molar-refractivity contribution in [3.8, 4) is 0 Å². The highest BCUT2D eigenvalue weighted by Gasteiger charge is 2.12. The van der Waals surface area contributed by atoms with Gasteiger partial charge in [0.25, 0.3) is 0 Å². The van der Waals surface area contributed by atoms with Gasteiger partial charge in [0.15, 0.2) is 0 Å². The van der Waals surface area contributed by atoms with Crippen LogP contribution in [0.1, 0.15) is 13.8 Å². The van der Waals surface area contributed by atoms with Gasteiger partial charge in [0, 0.05) is 13.3 Å². The van der Waals surface area contributed by atoms with Crippen molar-refractivity contribution >= 4 is 17.4 Å². The monoisotopic (exact) mass is 214 g/mol.